The maximum Gasteiger partial charge on any atom is 0.239 e. The molecule has 3 heteroatoms. The molecule has 0 spiro atoms. The van der Waals surface area contributed by atoms with Crippen molar-refractivity contribution in [2.24, 2.45) is 17.8 Å². The summed E-state index contributed by atoms with van der Waals surface area (Å²) in [5.74, 6) is 3.10. The topological polar surface area (TPSA) is 32.3 Å². The fourth-order valence-corrected chi connectivity index (χ4v) is 4.66. The number of hydrogen-bond acceptors (Lipinski definition) is 2. The third kappa shape index (κ3) is 2.96. The normalized spacial score (nSPS) is 39.4. The van der Waals surface area contributed by atoms with Gasteiger partial charge in [0.15, 0.2) is 0 Å². The maximum absolute atomic E-state index is 12.5. The number of likely N-dealkylation sites (tertiary alicyclic amines) is 1. The molecule has 0 aromatic heterocycles. The first kappa shape index (κ1) is 13.4. The van der Waals surface area contributed by atoms with E-state index < -0.39 is 0 Å². The van der Waals surface area contributed by atoms with E-state index >= 15 is 0 Å². The van der Waals surface area contributed by atoms with Gasteiger partial charge in [0.05, 0.1) is 6.04 Å². The third-order valence-corrected chi connectivity index (χ3v) is 5.59. The van der Waals surface area contributed by atoms with Gasteiger partial charge in [0.25, 0.3) is 0 Å². The zero-order chi connectivity index (χ0) is 13.2. The second-order valence-electron chi connectivity index (χ2n) is 7.00. The zero-order valence-corrected chi connectivity index (χ0v) is 12.2. The maximum atomic E-state index is 12.5. The first-order valence-corrected chi connectivity index (χ1v) is 8.22. The van der Waals surface area contributed by atoms with E-state index in [9.17, 15) is 4.79 Å². The lowest BCUT2D eigenvalue weighted by Crippen LogP contribution is -2.46. The van der Waals surface area contributed by atoms with Gasteiger partial charge in [-0.25, -0.2) is 0 Å². The monoisotopic (exact) mass is 264 g/mol. The van der Waals surface area contributed by atoms with Crippen LogP contribution < -0.4 is 5.32 Å². The lowest BCUT2D eigenvalue weighted by molar-refractivity contribution is -0.133. The first-order valence-electron chi connectivity index (χ1n) is 8.22. The van der Waals surface area contributed by atoms with Crippen LogP contribution in [0.3, 0.4) is 0 Å². The highest BCUT2D eigenvalue weighted by Gasteiger charge is 2.36. The van der Waals surface area contributed by atoms with Crippen LogP contribution in [0.2, 0.25) is 0 Å². The molecule has 1 heterocycles. The average Bonchev–Trinajstić information content (AvgIpc) is 2.65. The van der Waals surface area contributed by atoms with Crippen LogP contribution in [0, 0.1) is 17.8 Å². The number of amides is 1. The van der Waals surface area contributed by atoms with E-state index in [1.807, 2.05) is 7.05 Å². The van der Waals surface area contributed by atoms with Crippen LogP contribution in [0.1, 0.15) is 51.4 Å². The Morgan fingerprint density at radius 1 is 1.11 bits per heavy atom. The second-order valence-corrected chi connectivity index (χ2v) is 7.00. The summed E-state index contributed by atoms with van der Waals surface area (Å²) in [7, 11) is 1.92. The van der Waals surface area contributed by atoms with Crippen molar-refractivity contribution in [2.75, 3.05) is 20.1 Å². The Morgan fingerprint density at radius 3 is 2.53 bits per heavy atom. The molecule has 2 aliphatic carbocycles. The largest absolute Gasteiger partial charge is 0.341 e. The number of fused-ring (bicyclic) bond motifs is 2. The van der Waals surface area contributed by atoms with Crippen molar-refractivity contribution in [1.29, 1.82) is 0 Å². The predicted molar refractivity (Wildman–Crippen MR) is 76.8 cm³/mol. The lowest BCUT2D eigenvalue weighted by atomic mass is 9.81. The summed E-state index contributed by atoms with van der Waals surface area (Å²) in [5.41, 5.74) is 0. The number of hydrogen-bond donors (Lipinski definition) is 1. The van der Waals surface area contributed by atoms with Crippen molar-refractivity contribution in [1.82, 2.24) is 10.2 Å². The Kier molecular flexibility index (Phi) is 4.11. The molecule has 3 unspecified atom stereocenters. The Morgan fingerprint density at radius 2 is 1.84 bits per heavy atom. The van der Waals surface area contributed by atoms with Gasteiger partial charge in [-0.05, 0) is 63.3 Å². The Balaban J connectivity index is 1.60. The van der Waals surface area contributed by atoms with Crippen LogP contribution in [-0.2, 0) is 4.79 Å². The summed E-state index contributed by atoms with van der Waals surface area (Å²) in [6, 6.07) is 0.0720. The van der Waals surface area contributed by atoms with Crippen LogP contribution in [-0.4, -0.2) is 37.0 Å². The standard InChI is InChI=1S/C16H28N2O/c1-17-15-4-2-3-7-18(16(15)19)11-14-9-12-5-6-13(8-12)10-14/h12-15,17H,2-11H2,1H3. The highest BCUT2D eigenvalue weighted by molar-refractivity contribution is 5.82. The predicted octanol–water partition coefficient (Wildman–Crippen LogP) is 2.41. The second kappa shape index (κ2) is 5.82. The van der Waals surface area contributed by atoms with Crippen LogP contribution >= 0.6 is 0 Å². The number of carbonyl (C=O) groups is 1. The molecular weight excluding hydrogens is 236 g/mol. The third-order valence-electron chi connectivity index (χ3n) is 5.59. The molecule has 19 heavy (non-hydrogen) atoms. The van der Waals surface area contributed by atoms with E-state index in [1.165, 1.54) is 44.9 Å². The van der Waals surface area contributed by atoms with Gasteiger partial charge in [-0.2, -0.15) is 0 Å². The van der Waals surface area contributed by atoms with Crippen molar-refractivity contribution in [3.63, 3.8) is 0 Å². The molecule has 3 fully saturated rings. The van der Waals surface area contributed by atoms with E-state index in [-0.39, 0.29) is 6.04 Å². The molecule has 2 saturated carbocycles. The van der Waals surface area contributed by atoms with Crippen molar-refractivity contribution in [3.05, 3.63) is 0 Å². The first-order chi connectivity index (χ1) is 9.26. The molecule has 1 aliphatic heterocycles. The summed E-state index contributed by atoms with van der Waals surface area (Å²) < 4.78 is 0. The van der Waals surface area contributed by atoms with Gasteiger partial charge in [0.1, 0.15) is 0 Å². The van der Waals surface area contributed by atoms with E-state index in [1.54, 1.807) is 0 Å². The number of nitrogens with zero attached hydrogens (tertiary/aromatic N) is 1. The molecule has 0 aromatic rings. The van der Waals surface area contributed by atoms with Crippen LogP contribution in [0.5, 0.6) is 0 Å². The number of nitrogens with one attached hydrogen (secondary N) is 1. The summed E-state index contributed by atoms with van der Waals surface area (Å²) in [6.45, 7) is 2.02. The van der Waals surface area contributed by atoms with Gasteiger partial charge < -0.3 is 10.2 Å². The summed E-state index contributed by atoms with van der Waals surface area (Å²) in [6.07, 6.45) is 10.5. The summed E-state index contributed by atoms with van der Waals surface area (Å²) in [4.78, 5) is 14.7. The molecule has 108 valence electrons. The van der Waals surface area contributed by atoms with Crippen molar-refractivity contribution < 1.29 is 4.79 Å². The van der Waals surface area contributed by atoms with Gasteiger partial charge in [0, 0.05) is 13.1 Å². The number of likely N-dealkylation sites (N-methyl/N-ethyl adjacent to an activating group) is 1. The molecule has 1 saturated heterocycles. The molecule has 2 bridgehead atoms. The molecule has 0 aromatic carbocycles. The van der Waals surface area contributed by atoms with Crippen LogP contribution in [0.15, 0.2) is 0 Å². The minimum Gasteiger partial charge on any atom is -0.341 e. The smallest absolute Gasteiger partial charge is 0.239 e. The molecular formula is C16H28N2O. The molecule has 3 rings (SSSR count). The van der Waals surface area contributed by atoms with E-state index in [4.69, 9.17) is 0 Å². The Labute approximate surface area is 117 Å². The fraction of sp³-hybridized carbons (Fsp3) is 0.938. The summed E-state index contributed by atoms with van der Waals surface area (Å²) in [5, 5.41) is 3.20. The van der Waals surface area contributed by atoms with Crippen molar-refractivity contribution in [2.45, 2.75) is 57.4 Å². The van der Waals surface area contributed by atoms with E-state index in [0.717, 1.165) is 37.3 Å². The molecule has 0 radical (unpaired) electrons. The zero-order valence-electron chi connectivity index (χ0n) is 12.2. The van der Waals surface area contributed by atoms with Crippen LogP contribution in [0.4, 0.5) is 0 Å². The van der Waals surface area contributed by atoms with Gasteiger partial charge in [-0.1, -0.05) is 12.8 Å². The lowest BCUT2D eigenvalue weighted by Gasteiger charge is -2.33. The highest BCUT2D eigenvalue weighted by atomic mass is 16.2. The Hall–Kier alpha value is -0.570. The Bertz CT molecular complexity index is 319. The van der Waals surface area contributed by atoms with E-state index in [2.05, 4.69) is 10.2 Å². The number of carbonyl (C=O) groups excluding carboxylic acids is 1. The molecule has 3 atom stereocenters. The van der Waals surface area contributed by atoms with Crippen LogP contribution in [0.25, 0.3) is 0 Å². The SMILES string of the molecule is CNC1CCCCN(CC2CC3CCC(C3)C2)C1=O. The molecule has 3 aliphatic rings. The van der Waals surface area contributed by atoms with Crippen molar-refractivity contribution in [3.8, 4) is 0 Å². The molecule has 1 amide bonds. The minimum atomic E-state index is 0.0720. The van der Waals surface area contributed by atoms with Crippen molar-refractivity contribution >= 4 is 5.91 Å². The fourth-order valence-electron chi connectivity index (χ4n) is 4.66. The highest BCUT2D eigenvalue weighted by Crippen LogP contribution is 2.44. The van der Waals surface area contributed by atoms with E-state index in [0.29, 0.717) is 5.91 Å². The van der Waals surface area contributed by atoms with Gasteiger partial charge in [-0.3, -0.25) is 4.79 Å². The minimum absolute atomic E-state index is 0.0720. The van der Waals surface area contributed by atoms with Gasteiger partial charge in [0.2, 0.25) is 5.91 Å². The molecule has 3 nitrogen and oxygen atoms in total. The number of rotatable bonds is 3. The summed E-state index contributed by atoms with van der Waals surface area (Å²) >= 11 is 0. The van der Waals surface area contributed by atoms with Gasteiger partial charge in [-0.15, -0.1) is 0 Å². The average molecular weight is 264 g/mol. The molecule has 1 N–H and O–H groups in total. The quantitative estimate of drug-likeness (QED) is 0.849. The van der Waals surface area contributed by atoms with Gasteiger partial charge >= 0.3 is 0 Å².